The zero-order valence-electron chi connectivity index (χ0n) is 13.5. The van der Waals surface area contributed by atoms with Crippen molar-refractivity contribution in [1.82, 2.24) is 9.97 Å². The standard InChI is InChI=1S/C16H28N4O/c1-4-14-19-15(17-3)12(2)16(20-14)18-10-11-21-13-8-6-5-7-9-13/h13H,4-11H2,1-3H3,(H2,17,18,19,20). The van der Waals surface area contributed by atoms with E-state index in [4.69, 9.17) is 4.74 Å². The summed E-state index contributed by atoms with van der Waals surface area (Å²) in [5.74, 6) is 2.68. The summed E-state index contributed by atoms with van der Waals surface area (Å²) < 4.78 is 5.94. The van der Waals surface area contributed by atoms with E-state index >= 15 is 0 Å². The monoisotopic (exact) mass is 292 g/mol. The number of anilines is 2. The summed E-state index contributed by atoms with van der Waals surface area (Å²) in [6.45, 7) is 5.64. The lowest BCUT2D eigenvalue weighted by Crippen LogP contribution is -2.21. The van der Waals surface area contributed by atoms with Crippen LogP contribution in [-0.4, -0.2) is 36.3 Å². The molecule has 1 aliphatic carbocycles. The van der Waals surface area contributed by atoms with Gasteiger partial charge in [0.15, 0.2) is 0 Å². The van der Waals surface area contributed by atoms with Crippen LogP contribution in [0.5, 0.6) is 0 Å². The Morgan fingerprint density at radius 3 is 2.52 bits per heavy atom. The van der Waals surface area contributed by atoms with E-state index in [-0.39, 0.29) is 0 Å². The average Bonchev–Trinajstić information content (AvgIpc) is 2.54. The van der Waals surface area contributed by atoms with Gasteiger partial charge in [-0.2, -0.15) is 0 Å². The molecule has 1 heterocycles. The van der Waals surface area contributed by atoms with Gasteiger partial charge in [-0.1, -0.05) is 26.2 Å². The number of aromatic nitrogens is 2. The Hall–Kier alpha value is -1.36. The van der Waals surface area contributed by atoms with E-state index < -0.39 is 0 Å². The number of hydrogen-bond acceptors (Lipinski definition) is 5. The molecule has 0 saturated heterocycles. The average molecular weight is 292 g/mol. The van der Waals surface area contributed by atoms with Crippen molar-refractivity contribution in [2.24, 2.45) is 0 Å². The minimum absolute atomic E-state index is 0.464. The Labute approximate surface area is 127 Å². The van der Waals surface area contributed by atoms with Gasteiger partial charge in [-0.05, 0) is 19.8 Å². The third kappa shape index (κ3) is 4.56. The Balaban J connectivity index is 1.84. The molecule has 0 bridgehead atoms. The van der Waals surface area contributed by atoms with E-state index in [1.807, 2.05) is 14.0 Å². The number of nitrogens with one attached hydrogen (secondary N) is 2. The zero-order chi connectivity index (χ0) is 15.1. The Bertz CT molecular complexity index is 444. The van der Waals surface area contributed by atoms with Crippen molar-refractivity contribution in [2.75, 3.05) is 30.8 Å². The molecule has 1 saturated carbocycles. The van der Waals surface area contributed by atoms with Gasteiger partial charge in [0.2, 0.25) is 0 Å². The van der Waals surface area contributed by atoms with Crippen LogP contribution in [0, 0.1) is 6.92 Å². The molecule has 118 valence electrons. The molecule has 21 heavy (non-hydrogen) atoms. The molecule has 1 aromatic rings. The number of aryl methyl sites for hydroxylation is 1. The van der Waals surface area contributed by atoms with Crippen LogP contribution in [0.15, 0.2) is 0 Å². The van der Waals surface area contributed by atoms with E-state index in [2.05, 4.69) is 27.5 Å². The Morgan fingerprint density at radius 1 is 1.14 bits per heavy atom. The van der Waals surface area contributed by atoms with E-state index in [0.29, 0.717) is 6.10 Å². The zero-order valence-corrected chi connectivity index (χ0v) is 13.5. The van der Waals surface area contributed by atoms with Gasteiger partial charge in [0.25, 0.3) is 0 Å². The second-order valence-electron chi connectivity index (χ2n) is 5.62. The van der Waals surface area contributed by atoms with Gasteiger partial charge in [0.1, 0.15) is 17.5 Å². The van der Waals surface area contributed by atoms with Crippen LogP contribution >= 0.6 is 0 Å². The minimum atomic E-state index is 0.464. The maximum absolute atomic E-state index is 5.94. The second-order valence-corrected chi connectivity index (χ2v) is 5.62. The summed E-state index contributed by atoms with van der Waals surface area (Å²) in [5.41, 5.74) is 1.06. The van der Waals surface area contributed by atoms with Gasteiger partial charge >= 0.3 is 0 Å². The van der Waals surface area contributed by atoms with Gasteiger partial charge < -0.3 is 15.4 Å². The lowest BCUT2D eigenvalue weighted by Gasteiger charge is -2.22. The largest absolute Gasteiger partial charge is 0.376 e. The van der Waals surface area contributed by atoms with Crippen LogP contribution in [0.4, 0.5) is 11.6 Å². The highest BCUT2D eigenvalue weighted by molar-refractivity contribution is 5.56. The van der Waals surface area contributed by atoms with Gasteiger partial charge in [-0.3, -0.25) is 0 Å². The van der Waals surface area contributed by atoms with E-state index in [0.717, 1.165) is 42.6 Å². The number of hydrogen-bond donors (Lipinski definition) is 2. The molecule has 0 aliphatic heterocycles. The molecule has 0 amide bonds. The first kappa shape index (κ1) is 16.0. The molecule has 5 nitrogen and oxygen atoms in total. The van der Waals surface area contributed by atoms with Crippen LogP contribution in [0.3, 0.4) is 0 Å². The van der Waals surface area contributed by atoms with Crippen LogP contribution < -0.4 is 10.6 Å². The van der Waals surface area contributed by atoms with Crippen molar-refractivity contribution in [3.8, 4) is 0 Å². The highest BCUT2D eigenvalue weighted by Gasteiger charge is 2.13. The lowest BCUT2D eigenvalue weighted by atomic mass is 9.98. The molecule has 0 spiro atoms. The molecule has 2 rings (SSSR count). The van der Waals surface area contributed by atoms with Gasteiger partial charge in [0, 0.05) is 25.6 Å². The van der Waals surface area contributed by atoms with Gasteiger partial charge in [-0.15, -0.1) is 0 Å². The normalized spacial score (nSPS) is 16.0. The molecular weight excluding hydrogens is 264 g/mol. The molecule has 1 fully saturated rings. The number of ether oxygens (including phenoxy) is 1. The van der Waals surface area contributed by atoms with Crippen LogP contribution in [0.1, 0.15) is 50.4 Å². The fraction of sp³-hybridized carbons (Fsp3) is 0.750. The maximum atomic E-state index is 5.94. The smallest absolute Gasteiger partial charge is 0.134 e. The predicted molar refractivity (Wildman–Crippen MR) is 87.0 cm³/mol. The molecular formula is C16H28N4O. The summed E-state index contributed by atoms with van der Waals surface area (Å²) >= 11 is 0. The number of nitrogens with zero attached hydrogens (tertiary/aromatic N) is 2. The summed E-state index contributed by atoms with van der Waals surface area (Å²) in [4.78, 5) is 9.04. The topological polar surface area (TPSA) is 59.1 Å². The predicted octanol–water partition coefficient (Wildman–Crippen LogP) is 3.15. The molecule has 0 aromatic carbocycles. The van der Waals surface area contributed by atoms with Crippen molar-refractivity contribution in [3.05, 3.63) is 11.4 Å². The molecule has 2 N–H and O–H groups in total. The third-order valence-electron chi connectivity index (χ3n) is 4.05. The molecule has 0 atom stereocenters. The fourth-order valence-electron chi connectivity index (χ4n) is 2.76. The minimum Gasteiger partial charge on any atom is -0.376 e. The highest BCUT2D eigenvalue weighted by Crippen LogP contribution is 2.21. The Kier molecular flexibility index (Phi) is 6.23. The molecule has 0 radical (unpaired) electrons. The molecule has 0 unspecified atom stereocenters. The van der Waals surface area contributed by atoms with Gasteiger partial charge in [-0.25, -0.2) is 9.97 Å². The summed E-state index contributed by atoms with van der Waals surface area (Å²) in [5, 5.41) is 6.52. The van der Waals surface area contributed by atoms with Crippen LogP contribution in [0.2, 0.25) is 0 Å². The molecule has 1 aromatic heterocycles. The summed E-state index contributed by atoms with van der Waals surface area (Å²) in [6, 6.07) is 0. The van der Waals surface area contributed by atoms with Gasteiger partial charge in [0.05, 0.1) is 12.7 Å². The maximum Gasteiger partial charge on any atom is 0.134 e. The first-order valence-corrected chi connectivity index (χ1v) is 8.15. The van der Waals surface area contributed by atoms with E-state index in [9.17, 15) is 0 Å². The van der Waals surface area contributed by atoms with Crippen molar-refractivity contribution >= 4 is 11.6 Å². The lowest BCUT2D eigenvalue weighted by molar-refractivity contribution is 0.0347. The first-order chi connectivity index (χ1) is 10.2. The van der Waals surface area contributed by atoms with E-state index in [1.165, 1.54) is 32.1 Å². The Morgan fingerprint density at radius 2 is 1.86 bits per heavy atom. The van der Waals surface area contributed by atoms with E-state index in [1.54, 1.807) is 0 Å². The SMILES string of the molecule is CCc1nc(NC)c(C)c(NCCOC2CCCCC2)n1. The second kappa shape index (κ2) is 8.17. The summed E-state index contributed by atoms with van der Waals surface area (Å²) in [7, 11) is 1.89. The van der Waals surface area contributed by atoms with Crippen molar-refractivity contribution < 1.29 is 4.74 Å². The number of rotatable bonds is 7. The summed E-state index contributed by atoms with van der Waals surface area (Å²) in [6.07, 6.45) is 7.73. The molecule has 1 aliphatic rings. The third-order valence-corrected chi connectivity index (χ3v) is 4.05. The van der Waals surface area contributed by atoms with Crippen molar-refractivity contribution in [3.63, 3.8) is 0 Å². The van der Waals surface area contributed by atoms with Crippen molar-refractivity contribution in [1.29, 1.82) is 0 Å². The molecule has 5 heteroatoms. The van der Waals surface area contributed by atoms with Crippen LogP contribution in [0.25, 0.3) is 0 Å². The highest BCUT2D eigenvalue weighted by atomic mass is 16.5. The van der Waals surface area contributed by atoms with Crippen LogP contribution in [-0.2, 0) is 11.2 Å². The quantitative estimate of drug-likeness (QED) is 0.756. The first-order valence-electron chi connectivity index (χ1n) is 8.15. The van der Waals surface area contributed by atoms with Crippen molar-refractivity contribution in [2.45, 2.75) is 58.5 Å². The fourth-order valence-corrected chi connectivity index (χ4v) is 2.76.